The largest absolute Gasteiger partial charge is 0.465 e. The number of hydrogen-bond acceptors (Lipinski definition) is 6. The molecule has 6 nitrogen and oxygen atoms in total. The molecule has 1 N–H and O–H groups in total. The third kappa shape index (κ3) is 6.06. The molecule has 0 aliphatic heterocycles. The Balaban J connectivity index is 1.45. The van der Waals surface area contributed by atoms with E-state index in [0.717, 1.165) is 30.4 Å². The summed E-state index contributed by atoms with van der Waals surface area (Å²) in [6.07, 6.45) is 4.45. The lowest BCUT2D eigenvalue weighted by atomic mass is 9.72. The number of nitrogens with zero attached hydrogens (tertiary/aromatic N) is 1. The van der Waals surface area contributed by atoms with Crippen molar-refractivity contribution in [2.45, 2.75) is 40.0 Å². The molecule has 0 saturated carbocycles. The number of methoxy groups -OCH3 is 1. The van der Waals surface area contributed by atoms with E-state index in [1.165, 1.54) is 12.0 Å². The van der Waals surface area contributed by atoms with Crippen LogP contribution in [0.4, 0.5) is 10.7 Å². The van der Waals surface area contributed by atoms with Crippen LogP contribution in [0.2, 0.25) is 5.02 Å². The quantitative estimate of drug-likeness (QED) is 0.185. The highest BCUT2D eigenvalue weighted by molar-refractivity contribution is 7.16. The van der Waals surface area contributed by atoms with Crippen LogP contribution in [0.5, 0.6) is 0 Å². The summed E-state index contributed by atoms with van der Waals surface area (Å²) in [6, 6.07) is 17.8. The average molecular weight is 575 g/mol. The van der Waals surface area contributed by atoms with Gasteiger partial charge in [0.05, 0.1) is 24.5 Å². The number of carbonyl (C=O) groups excluding carboxylic acids is 2. The van der Waals surface area contributed by atoms with Gasteiger partial charge in [-0.2, -0.15) is 0 Å². The van der Waals surface area contributed by atoms with Gasteiger partial charge in [0.1, 0.15) is 16.5 Å². The minimum atomic E-state index is -0.407. The van der Waals surface area contributed by atoms with Crippen LogP contribution in [0, 0.1) is 11.3 Å². The SMILES string of the molecule is COC(=O)c1cccc(-c2ccc(C=Nc3sc4c(c3C(=O)Nc3ccc(Cl)cc3)CC[C@H](C(C)(C)C)C4)o2)c1. The Labute approximate surface area is 243 Å². The number of benzene rings is 2. The van der Waals surface area contributed by atoms with Gasteiger partial charge in [-0.15, -0.1) is 11.3 Å². The van der Waals surface area contributed by atoms with Gasteiger partial charge in [-0.05, 0) is 84.7 Å². The number of thiophene rings is 1. The van der Waals surface area contributed by atoms with Gasteiger partial charge >= 0.3 is 5.97 Å². The van der Waals surface area contributed by atoms with Crippen molar-refractivity contribution in [1.29, 1.82) is 0 Å². The predicted molar refractivity (Wildman–Crippen MR) is 161 cm³/mol. The van der Waals surface area contributed by atoms with Crippen LogP contribution in [0.25, 0.3) is 11.3 Å². The molecule has 0 spiro atoms. The zero-order valence-corrected chi connectivity index (χ0v) is 24.5. The van der Waals surface area contributed by atoms with E-state index in [1.54, 1.807) is 60.0 Å². The van der Waals surface area contributed by atoms with E-state index >= 15 is 0 Å². The first-order valence-electron chi connectivity index (χ1n) is 13.2. The topological polar surface area (TPSA) is 80.9 Å². The maximum absolute atomic E-state index is 13.6. The van der Waals surface area contributed by atoms with Crippen molar-refractivity contribution in [3.05, 3.63) is 93.0 Å². The van der Waals surface area contributed by atoms with Gasteiger partial charge in [0.25, 0.3) is 5.91 Å². The molecule has 0 bridgehead atoms. The first-order valence-corrected chi connectivity index (χ1v) is 14.4. The summed E-state index contributed by atoms with van der Waals surface area (Å²) in [5.74, 6) is 1.10. The molecule has 206 valence electrons. The number of carbonyl (C=O) groups is 2. The summed E-state index contributed by atoms with van der Waals surface area (Å²) in [4.78, 5) is 31.5. The molecule has 0 radical (unpaired) electrons. The van der Waals surface area contributed by atoms with E-state index in [4.69, 9.17) is 25.7 Å². The van der Waals surface area contributed by atoms with Gasteiger partial charge in [-0.1, -0.05) is 44.5 Å². The van der Waals surface area contributed by atoms with Crippen molar-refractivity contribution in [1.82, 2.24) is 0 Å². The summed E-state index contributed by atoms with van der Waals surface area (Å²) in [5, 5.41) is 4.29. The highest BCUT2D eigenvalue weighted by Crippen LogP contribution is 2.45. The summed E-state index contributed by atoms with van der Waals surface area (Å²) in [5.41, 5.74) is 3.77. The highest BCUT2D eigenvalue weighted by Gasteiger charge is 2.33. The summed E-state index contributed by atoms with van der Waals surface area (Å²) < 4.78 is 10.8. The van der Waals surface area contributed by atoms with E-state index in [1.807, 2.05) is 18.2 Å². The number of rotatable bonds is 6. The Hall–Kier alpha value is -3.68. The van der Waals surface area contributed by atoms with Crippen molar-refractivity contribution in [3.63, 3.8) is 0 Å². The monoisotopic (exact) mass is 574 g/mol. The molecule has 1 amide bonds. The van der Waals surface area contributed by atoms with Crippen LogP contribution in [-0.4, -0.2) is 25.2 Å². The summed E-state index contributed by atoms with van der Waals surface area (Å²) >= 11 is 7.61. The second-order valence-electron chi connectivity index (χ2n) is 11.0. The molecular weight excluding hydrogens is 544 g/mol. The molecule has 40 heavy (non-hydrogen) atoms. The molecular formula is C32H31ClN2O4S. The fourth-order valence-electron chi connectivity index (χ4n) is 4.98. The molecule has 2 aromatic heterocycles. The van der Waals surface area contributed by atoms with Crippen molar-refractivity contribution in [2.24, 2.45) is 16.3 Å². The first kappa shape index (κ1) is 27.9. The molecule has 8 heteroatoms. The fraction of sp³-hybridized carbons (Fsp3) is 0.281. The van der Waals surface area contributed by atoms with Gasteiger partial charge in [0.15, 0.2) is 0 Å². The standard InChI is InChI=1S/C32H31ClN2O4S/c1-32(2,3)21-8-14-25-27(17-21)40-30(28(25)29(36)35-23-11-9-22(33)10-12-23)34-18-24-13-15-26(39-24)19-6-5-7-20(16-19)31(37)38-4/h5-7,9-13,15-16,18,21H,8,14,17H2,1-4H3,(H,35,36)/t21-/m0/s1. The summed E-state index contributed by atoms with van der Waals surface area (Å²) in [6.45, 7) is 6.83. The normalized spacial score (nSPS) is 15.2. The van der Waals surface area contributed by atoms with Crippen LogP contribution in [0.1, 0.15) is 64.1 Å². The second kappa shape index (κ2) is 11.4. The number of amides is 1. The minimum Gasteiger partial charge on any atom is -0.465 e. The van der Waals surface area contributed by atoms with E-state index < -0.39 is 5.97 Å². The Morgan fingerprint density at radius 1 is 1.12 bits per heavy atom. The number of esters is 1. The van der Waals surface area contributed by atoms with Gasteiger partial charge in [0, 0.05) is 21.2 Å². The first-order chi connectivity index (χ1) is 19.1. The zero-order valence-electron chi connectivity index (χ0n) is 22.9. The molecule has 0 unspecified atom stereocenters. The molecule has 0 saturated heterocycles. The Kier molecular flexibility index (Phi) is 7.97. The van der Waals surface area contributed by atoms with Crippen molar-refractivity contribution in [2.75, 3.05) is 12.4 Å². The van der Waals surface area contributed by atoms with Crippen molar-refractivity contribution < 1.29 is 18.7 Å². The predicted octanol–water partition coefficient (Wildman–Crippen LogP) is 8.60. The van der Waals surface area contributed by atoms with Crippen LogP contribution in [0.15, 0.2) is 70.1 Å². The van der Waals surface area contributed by atoms with E-state index in [9.17, 15) is 9.59 Å². The third-order valence-electron chi connectivity index (χ3n) is 7.30. The van der Waals surface area contributed by atoms with Gasteiger partial charge in [0.2, 0.25) is 0 Å². The van der Waals surface area contributed by atoms with E-state index in [-0.39, 0.29) is 11.3 Å². The van der Waals surface area contributed by atoms with E-state index in [2.05, 4.69) is 26.1 Å². The number of furan rings is 1. The molecule has 2 heterocycles. The number of nitrogens with one attached hydrogen (secondary N) is 1. The Morgan fingerprint density at radius 2 is 1.90 bits per heavy atom. The number of aliphatic imine (C=N–C) groups is 1. The van der Waals surface area contributed by atoms with E-state index in [0.29, 0.717) is 44.3 Å². The number of hydrogen-bond donors (Lipinski definition) is 1. The number of ether oxygens (including phenoxy) is 1. The lowest BCUT2D eigenvalue weighted by Gasteiger charge is -2.33. The number of anilines is 1. The maximum Gasteiger partial charge on any atom is 0.337 e. The highest BCUT2D eigenvalue weighted by atomic mass is 35.5. The molecule has 5 rings (SSSR count). The second-order valence-corrected chi connectivity index (χ2v) is 12.5. The molecule has 2 aromatic carbocycles. The van der Waals surface area contributed by atoms with Crippen molar-refractivity contribution >= 4 is 51.7 Å². The van der Waals surface area contributed by atoms with Gasteiger partial charge < -0.3 is 14.5 Å². The number of fused-ring (bicyclic) bond motifs is 1. The molecule has 1 aliphatic carbocycles. The lowest BCUT2D eigenvalue weighted by Crippen LogP contribution is -2.27. The molecule has 0 fully saturated rings. The zero-order chi connectivity index (χ0) is 28.4. The average Bonchev–Trinajstić information content (AvgIpc) is 3.56. The Morgan fingerprint density at radius 3 is 2.62 bits per heavy atom. The van der Waals surface area contributed by atoms with Crippen LogP contribution in [0.3, 0.4) is 0 Å². The lowest BCUT2D eigenvalue weighted by molar-refractivity contribution is 0.0600. The van der Waals surface area contributed by atoms with Gasteiger partial charge in [-0.25, -0.2) is 9.79 Å². The van der Waals surface area contributed by atoms with Gasteiger partial charge in [-0.3, -0.25) is 4.79 Å². The molecule has 1 aliphatic rings. The van der Waals surface area contributed by atoms with Crippen LogP contribution in [-0.2, 0) is 17.6 Å². The fourth-order valence-corrected chi connectivity index (χ4v) is 6.37. The van der Waals surface area contributed by atoms with Crippen LogP contribution >= 0.6 is 22.9 Å². The summed E-state index contributed by atoms with van der Waals surface area (Å²) in [7, 11) is 1.35. The number of halogens is 1. The third-order valence-corrected chi connectivity index (χ3v) is 8.72. The van der Waals surface area contributed by atoms with Crippen LogP contribution < -0.4 is 5.32 Å². The smallest absolute Gasteiger partial charge is 0.337 e. The Bertz CT molecular complexity index is 1580. The molecule has 4 aromatic rings. The minimum absolute atomic E-state index is 0.180. The van der Waals surface area contributed by atoms with Crippen molar-refractivity contribution in [3.8, 4) is 11.3 Å². The molecule has 1 atom stereocenters. The maximum atomic E-state index is 13.6.